The third kappa shape index (κ3) is 2.50. The van der Waals surface area contributed by atoms with E-state index in [0.717, 1.165) is 16.2 Å². The minimum atomic E-state index is -2.94. The maximum Gasteiger partial charge on any atom is 0.387 e. The number of halogens is 2. The number of hydrogen-bond acceptors (Lipinski definition) is 5. The van der Waals surface area contributed by atoms with Crippen LogP contribution < -0.4 is 4.74 Å². The summed E-state index contributed by atoms with van der Waals surface area (Å²) in [4.78, 5) is 16.1. The van der Waals surface area contributed by atoms with Crippen LogP contribution in [0.3, 0.4) is 0 Å². The van der Waals surface area contributed by atoms with E-state index in [4.69, 9.17) is 5.11 Å². The first-order valence-corrected chi connectivity index (χ1v) is 6.89. The number of aromatic carboxylic acids is 1. The highest BCUT2D eigenvalue weighted by molar-refractivity contribution is 7.14. The molecule has 3 heterocycles. The Kier molecular flexibility index (Phi) is 3.49. The number of alkyl halides is 2. The van der Waals surface area contributed by atoms with Crippen LogP contribution in [-0.2, 0) is 0 Å². The van der Waals surface area contributed by atoms with Crippen LogP contribution in [-0.4, -0.2) is 32.3 Å². The Labute approximate surface area is 126 Å². The number of hydrogen-bond donors (Lipinski definition) is 1. The molecule has 3 aromatic rings. The zero-order valence-corrected chi connectivity index (χ0v) is 12.0. The number of aryl methyl sites for hydroxylation is 1. The molecule has 0 spiro atoms. The van der Waals surface area contributed by atoms with Gasteiger partial charge in [-0.25, -0.2) is 14.3 Å². The molecule has 0 saturated heterocycles. The van der Waals surface area contributed by atoms with Gasteiger partial charge in [0.2, 0.25) is 0 Å². The minimum absolute atomic E-state index is 0.106. The van der Waals surface area contributed by atoms with Crippen LogP contribution >= 0.6 is 11.3 Å². The first-order valence-electron chi connectivity index (χ1n) is 6.08. The van der Waals surface area contributed by atoms with Crippen LogP contribution in [0.2, 0.25) is 0 Å². The minimum Gasteiger partial charge on any atom is -0.477 e. The van der Waals surface area contributed by atoms with Gasteiger partial charge in [0.15, 0.2) is 11.4 Å². The predicted octanol–water partition coefficient (Wildman–Crippen LogP) is 3.07. The van der Waals surface area contributed by atoms with Gasteiger partial charge in [-0.15, -0.1) is 11.3 Å². The molecule has 0 aliphatic carbocycles. The molecule has 3 rings (SSSR count). The lowest BCUT2D eigenvalue weighted by Crippen LogP contribution is -2.03. The number of carboxylic acids is 1. The van der Waals surface area contributed by atoms with E-state index >= 15 is 0 Å². The summed E-state index contributed by atoms with van der Waals surface area (Å²) in [5.41, 5.74) is 1.76. The highest BCUT2D eigenvalue weighted by Gasteiger charge is 2.17. The summed E-state index contributed by atoms with van der Waals surface area (Å²) in [6.07, 6.45) is 3.97. The summed E-state index contributed by atoms with van der Waals surface area (Å²) in [7, 11) is 0. The molecule has 0 aliphatic heterocycles. The monoisotopic (exact) mass is 325 g/mol. The van der Waals surface area contributed by atoms with Gasteiger partial charge in [-0.2, -0.15) is 13.9 Å². The van der Waals surface area contributed by atoms with Crippen LogP contribution in [0.15, 0.2) is 24.7 Å². The molecule has 0 aromatic carbocycles. The fraction of sp³-hybridized carbons (Fsp3) is 0.154. The Bertz CT molecular complexity index is 859. The Morgan fingerprint density at radius 1 is 1.41 bits per heavy atom. The largest absolute Gasteiger partial charge is 0.477 e. The molecule has 0 saturated carbocycles. The summed E-state index contributed by atoms with van der Waals surface area (Å²) in [6, 6.07) is 1.55. The second kappa shape index (κ2) is 5.34. The molecular weight excluding hydrogens is 316 g/mol. The lowest BCUT2D eigenvalue weighted by Gasteiger charge is -2.04. The summed E-state index contributed by atoms with van der Waals surface area (Å²) in [5, 5.41) is 13.1. The quantitative estimate of drug-likeness (QED) is 0.798. The lowest BCUT2D eigenvalue weighted by molar-refractivity contribution is -0.0503. The van der Waals surface area contributed by atoms with Crippen molar-refractivity contribution >= 4 is 23.0 Å². The Morgan fingerprint density at radius 3 is 2.82 bits per heavy atom. The van der Waals surface area contributed by atoms with Crippen LogP contribution in [0.4, 0.5) is 8.78 Å². The Balaban J connectivity index is 2.07. The van der Waals surface area contributed by atoms with Crippen molar-refractivity contribution in [1.82, 2.24) is 14.6 Å². The average Bonchev–Trinajstić information content (AvgIpc) is 3.01. The smallest absolute Gasteiger partial charge is 0.387 e. The maximum absolute atomic E-state index is 12.2. The third-order valence-corrected chi connectivity index (χ3v) is 4.02. The van der Waals surface area contributed by atoms with Gasteiger partial charge >= 0.3 is 12.6 Å². The van der Waals surface area contributed by atoms with Crippen LogP contribution in [0.5, 0.6) is 5.75 Å². The zero-order valence-electron chi connectivity index (χ0n) is 11.2. The average molecular weight is 325 g/mol. The number of carbonyl (C=O) groups is 1. The molecule has 0 fully saturated rings. The highest BCUT2D eigenvalue weighted by atomic mass is 32.1. The Morgan fingerprint density at radius 2 is 2.18 bits per heavy atom. The van der Waals surface area contributed by atoms with E-state index in [1.807, 2.05) is 0 Å². The summed E-state index contributed by atoms with van der Waals surface area (Å²) in [5.74, 6) is -1.11. The fourth-order valence-electron chi connectivity index (χ4n) is 2.07. The van der Waals surface area contributed by atoms with Crippen molar-refractivity contribution in [3.05, 3.63) is 34.4 Å². The van der Waals surface area contributed by atoms with Gasteiger partial charge in [0, 0.05) is 16.0 Å². The van der Waals surface area contributed by atoms with E-state index < -0.39 is 12.6 Å². The molecule has 0 radical (unpaired) electrons. The third-order valence-electron chi connectivity index (χ3n) is 2.98. The van der Waals surface area contributed by atoms with Gasteiger partial charge in [-0.1, -0.05) is 0 Å². The van der Waals surface area contributed by atoms with E-state index in [2.05, 4.69) is 14.8 Å². The van der Waals surface area contributed by atoms with Crippen molar-refractivity contribution in [3.8, 4) is 16.9 Å². The van der Waals surface area contributed by atoms with Crippen molar-refractivity contribution in [1.29, 1.82) is 0 Å². The molecule has 0 atom stereocenters. The van der Waals surface area contributed by atoms with Gasteiger partial charge in [0.1, 0.15) is 4.88 Å². The van der Waals surface area contributed by atoms with E-state index in [-0.39, 0.29) is 10.6 Å². The van der Waals surface area contributed by atoms with Gasteiger partial charge in [-0.3, -0.25) is 0 Å². The number of fused-ring (bicyclic) bond motifs is 1. The molecule has 22 heavy (non-hydrogen) atoms. The molecule has 0 aliphatic rings. The second-order valence-electron chi connectivity index (χ2n) is 4.38. The van der Waals surface area contributed by atoms with Gasteiger partial charge in [0.25, 0.3) is 0 Å². The number of ether oxygens (including phenoxy) is 1. The zero-order chi connectivity index (χ0) is 15.9. The molecule has 3 aromatic heterocycles. The number of carboxylic acid groups (broad SMARTS) is 1. The lowest BCUT2D eigenvalue weighted by atomic mass is 10.1. The van der Waals surface area contributed by atoms with Crippen molar-refractivity contribution < 1.29 is 23.4 Å². The van der Waals surface area contributed by atoms with Crippen LogP contribution in [0.1, 0.15) is 14.5 Å². The molecule has 1 N–H and O–H groups in total. The van der Waals surface area contributed by atoms with Crippen LogP contribution in [0.25, 0.3) is 16.8 Å². The first-order chi connectivity index (χ1) is 10.5. The molecule has 0 unspecified atom stereocenters. The summed E-state index contributed by atoms with van der Waals surface area (Å²) in [6.45, 7) is -1.14. The topological polar surface area (TPSA) is 76.7 Å². The van der Waals surface area contributed by atoms with Crippen molar-refractivity contribution in [2.45, 2.75) is 13.5 Å². The van der Waals surface area contributed by atoms with E-state index in [9.17, 15) is 13.6 Å². The summed E-state index contributed by atoms with van der Waals surface area (Å²) >= 11 is 1.15. The molecule has 9 heteroatoms. The van der Waals surface area contributed by atoms with Gasteiger partial charge in [0.05, 0.1) is 18.6 Å². The van der Waals surface area contributed by atoms with Crippen molar-refractivity contribution in [2.75, 3.05) is 0 Å². The normalized spacial score (nSPS) is 11.3. The first kappa shape index (κ1) is 14.4. The molecular formula is C13H9F2N3O3S. The van der Waals surface area contributed by atoms with E-state index in [1.54, 1.807) is 13.0 Å². The molecule has 0 amide bonds. The summed E-state index contributed by atoms with van der Waals surface area (Å²) < 4.78 is 30.0. The van der Waals surface area contributed by atoms with E-state index in [0.29, 0.717) is 16.8 Å². The predicted molar refractivity (Wildman–Crippen MR) is 74.6 cm³/mol. The number of nitrogens with zero attached hydrogens (tertiary/aromatic N) is 3. The van der Waals surface area contributed by atoms with Gasteiger partial charge < -0.3 is 9.84 Å². The highest BCUT2D eigenvalue weighted by Crippen LogP contribution is 2.33. The standard InChI is InChI=1S/C13H9F2N3O3S/c1-6-8(2-10(22-6)12(19)20)9-4-17-18-5-7(21-13(14)15)3-16-11(9)18/h2-5,13H,1H3,(H,19,20). The molecule has 0 bridgehead atoms. The molecule has 114 valence electrons. The SMILES string of the molecule is Cc1sc(C(=O)O)cc1-c1cnn2cc(OC(F)F)cnc12. The van der Waals surface area contributed by atoms with Crippen molar-refractivity contribution in [3.63, 3.8) is 0 Å². The molecule has 6 nitrogen and oxygen atoms in total. The van der Waals surface area contributed by atoms with Gasteiger partial charge in [-0.05, 0) is 13.0 Å². The Hall–Kier alpha value is -2.55. The number of rotatable bonds is 4. The van der Waals surface area contributed by atoms with Crippen molar-refractivity contribution in [2.24, 2.45) is 0 Å². The number of aromatic nitrogens is 3. The number of thiophene rings is 1. The second-order valence-corrected chi connectivity index (χ2v) is 5.64. The maximum atomic E-state index is 12.2. The van der Waals surface area contributed by atoms with Crippen LogP contribution in [0, 0.1) is 6.92 Å². The van der Waals surface area contributed by atoms with E-state index in [1.165, 1.54) is 23.1 Å². The fourth-order valence-corrected chi connectivity index (χ4v) is 2.94.